The smallest absolute Gasteiger partial charge is 0.251 e. The Morgan fingerprint density at radius 3 is 2.50 bits per heavy atom. The van der Waals surface area contributed by atoms with Crippen LogP contribution in [0.3, 0.4) is 0 Å². The molecule has 18 heavy (non-hydrogen) atoms. The highest BCUT2D eigenvalue weighted by Crippen LogP contribution is 2.08. The molecule has 100 valence electrons. The van der Waals surface area contributed by atoms with Gasteiger partial charge in [-0.1, -0.05) is 37.3 Å². The van der Waals surface area contributed by atoms with Crippen molar-refractivity contribution in [2.75, 3.05) is 13.2 Å². The van der Waals surface area contributed by atoms with E-state index < -0.39 is 0 Å². The van der Waals surface area contributed by atoms with Crippen molar-refractivity contribution >= 4 is 5.91 Å². The number of hydrogen-bond donors (Lipinski definition) is 0. The molecule has 0 saturated heterocycles. The quantitative estimate of drug-likeness (QED) is 0.743. The van der Waals surface area contributed by atoms with E-state index in [4.69, 9.17) is 4.74 Å². The van der Waals surface area contributed by atoms with Crippen molar-refractivity contribution in [1.82, 2.24) is 4.90 Å². The lowest BCUT2D eigenvalue weighted by Crippen LogP contribution is -2.39. The second kappa shape index (κ2) is 7.88. The Kier molecular flexibility index (Phi) is 6.44. The zero-order valence-corrected chi connectivity index (χ0v) is 11.6. The van der Waals surface area contributed by atoms with E-state index in [-0.39, 0.29) is 12.0 Å². The summed E-state index contributed by atoms with van der Waals surface area (Å²) in [5.41, 5.74) is 1.16. The summed E-state index contributed by atoms with van der Waals surface area (Å²) in [5.74, 6) is 0.0718. The van der Waals surface area contributed by atoms with E-state index in [0.29, 0.717) is 13.2 Å². The highest BCUT2D eigenvalue weighted by Gasteiger charge is 2.20. The zero-order chi connectivity index (χ0) is 13.4. The van der Waals surface area contributed by atoms with Gasteiger partial charge in [-0.3, -0.25) is 4.79 Å². The molecular formula is C15H23NO2. The van der Waals surface area contributed by atoms with Crippen molar-refractivity contribution in [3.63, 3.8) is 0 Å². The molecule has 0 heterocycles. The van der Waals surface area contributed by atoms with E-state index in [0.717, 1.165) is 18.5 Å². The van der Waals surface area contributed by atoms with Gasteiger partial charge in [0.1, 0.15) is 6.10 Å². The first kappa shape index (κ1) is 14.7. The van der Waals surface area contributed by atoms with Crippen molar-refractivity contribution in [2.24, 2.45) is 0 Å². The second-order valence-corrected chi connectivity index (χ2v) is 4.34. The molecule has 1 amide bonds. The minimum atomic E-state index is -0.356. The molecule has 1 unspecified atom stereocenters. The lowest BCUT2D eigenvalue weighted by molar-refractivity contribution is -0.143. The fourth-order valence-electron chi connectivity index (χ4n) is 1.92. The Balaban J connectivity index is 2.67. The third-order valence-corrected chi connectivity index (χ3v) is 2.79. The number of rotatable bonds is 7. The van der Waals surface area contributed by atoms with Crippen LogP contribution in [-0.2, 0) is 16.1 Å². The molecule has 1 rings (SSSR count). The summed E-state index contributed by atoms with van der Waals surface area (Å²) >= 11 is 0. The fourth-order valence-corrected chi connectivity index (χ4v) is 1.92. The number of amides is 1. The molecular weight excluding hydrogens is 226 g/mol. The normalized spacial score (nSPS) is 12.2. The second-order valence-electron chi connectivity index (χ2n) is 4.34. The first-order chi connectivity index (χ1) is 8.69. The van der Waals surface area contributed by atoms with Gasteiger partial charge in [0.2, 0.25) is 0 Å². The first-order valence-corrected chi connectivity index (χ1v) is 6.63. The van der Waals surface area contributed by atoms with Crippen molar-refractivity contribution in [3.05, 3.63) is 35.9 Å². The van der Waals surface area contributed by atoms with Gasteiger partial charge in [-0.25, -0.2) is 0 Å². The van der Waals surface area contributed by atoms with Crippen LogP contribution in [0.25, 0.3) is 0 Å². The summed E-state index contributed by atoms with van der Waals surface area (Å²) in [6, 6.07) is 10.1. The molecule has 0 aliphatic rings. The molecule has 1 aromatic carbocycles. The molecule has 1 atom stereocenters. The van der Waals surface area contributed by atoms with Crippen LogP contribution < -0.4 is 0 Å². The third kappa shape index (κ3) is 4.49. The highest BCUT2D eigenvalue weighted by atomic mass is 16.5. The molecule has 0 aromatic heterocycles. The predicted molar refractivity (Wildman–Crippen MR) is 73.2 cm³/mol. The maximum atomic E-state index is 12.2. The first-order valence-electron chi connectivity index (χ1n) is 6.63. The van der Waals surface area contributed by atoms with E-state index in [1.807, 2.05) is 49.1 Å². The average Bonchev–Trinajstić information content (AvgIpc) is 2.39. The monoisotopic (exact) mass is 249 g/mol. The van der Waals surface area contributed by atoms with Gasteiger partial charge in [-0.15, -0.1) is 0 Å². The van der Waals surface area contributed by atoms with Gasteiger partial charge in [0.25, 0.3) is 5.91 Å². The highest BCUT2D eigenvalue weighted by molar-refractivity contribution is 5.80. The van der Waals surface area contributed by atoms with Crippen LogP contribution in [0.2, 0.25) is 0 Å². The van der Waals surface area contributed by atoms with E-state index in [1.54, 1.807) is 0 Å². The van der Waals surface area contributed by atoms with Crippen LogP contribution in [0.1, 0.15) is 32.8 Å². The minimum Gasteiger partial charge on any atom is -0.369 e. The van der Waals surface area contributed by atoms with Gasteiger partial charge >= 0.3 is 0 Å². The van der Waals surface area contributed by atoms with E-state index in [1.165, 1.54) is 0 Å². The number of carbonyl (C=O) groups excluding carboxylic acids is 1. The van der Waals surface area contributed by atoms with E-state index >= 15 is 0 Å². The molecule has 0 radical (unpaired) electrons. The van der Waals surface area contributed by atoms with Crippen LogP contribution in [0, 0.1) is 0 Å². The van der Waals surface area contributed by atoms with Gasteiger partial charge < -0.3 is 9.64 Å². The molecule has 3 nitrogen and oxygen atoms in total. The predicted octanol–water partition coefficient (Wildman–Crippen LogP) is 2.85. The topological polar surface area (TPSA) is 29.5 Å². The maximum absolute atomic E-state index is 12.2. The standard InChI is InChI=1S/C15H23NO2/c1-4-11-16(15(17)13(3)18-5-2)12-14-9-7-6-8-10-14/h6-10,13H,4-5,11-12H2,1-3H3. The molecule has 3 heteroatoms. The van der Waals surface area contributed by atoms with Crippen LogP contribution in [0.4, 0.5) is 0 Å². The molecule has 1 aromatic rings. The van der Waals surface area contributed by atoms with Crippen molar-refractivity contribution in [3.8, 4) is 0 Å². The lowest BCUT2D eigenvalue weighted by Gasteiger charge is -2.25. The number of benzene rings is 1. The minimum absolute atomic E-state index is 0.0718. The zero-order valence-electron chi connectivity index (χ0n) is 11.6. The Labute approximate surface area is 110 Å². The lowest BCUT2D eigenvalue weighted by atomic mass is 10.2. The summed E-state index contributed by atoms with van der Waals surface area (Å²) in [6.45, 7) is 7.80. The Bertz CT molecular complexity index is 351. The van der Waals surface area contributed by atoms with Gasteiger partial charge in [-0.2, -0.15) is 0 Å². The Morgan fingerprint density at radius 1 is 1.28 bits per heavy atom. The summed E-state index contributed by atoms with van der Waals surface area (Å²) in [5, 5.41) is 0. The summed E-state index contributed by atoms with van der Waals surface area (Å²) in [7, 11) is 0. The molecule has 0 bridgehead atoms. The molecule has 0 saturated carbocycles. The number of nitrogens with zero attached hydrogens (tertiary/aromatic N) is 1. The van der Waals surface area contributed by atoms with Crippen LogP contribution in [-0.4, -0.2) is 30.1 Å². The Hall–Kier alpha value is -1.35. The number of hydrogen-bond acceptors (Lipinski definition) is 2. The Morgan fingerprint density at radius 2 is 1.94 bits per heavy atom. The van der Waals surface area contributed by atoms with Crippen molar-refractivity contribution in [1.29, 1.82) is 0 Å². The fraction of sp³-hybridized carbons (Fsp3) is 0.533. The van der Waals surface area contributed by atoms with Crippen molar-refractivity contribution < 1.29 is 9.53 Å². The van der Waals surface area contributed by atoms with Gasteiger partial charge in [0.15, 0.2) is 0 Å². The summed E-state index contributed by atoms with van der Waals surface area (Å²) < 4.78 is 5.38. The van der Waals surface area contributed by atoms with E-state index in [9.17, 15) is 4.79 Å². The van der Waals surface area contributed by atoms with Gasteiger partial charge in [-0.05, 0) is 25.8 Å². The van der Waals surface area contributed by atoms with Crippen molar-refractivity contribution in [2.45, 2.75) is 39.8 Å². The third-order valence-electron chi connectivity index (χ3n) is 2.79. The van der Waals surface area contributed by atoms with Crippen LogP contribution in [0.5, 0.6) is 0 Å². The van der Waals surface area contributed by atoms with Crippen LogP contribution in [0.15, 0.2) is 30.3 Å². The SMILES string of the molecule is CCCN(Cc1ccccc1)C(=O)C(C)OCC. The maximum Gasteiger partial charge on any atom is 0.251 e. The summed E-state index contributed by atoms with van der Waals surface area (Å²) in [6.07, 6.45) is 0.600. The average molecular weight is 249 g/mol. The van der Waals surface area contributed by atoms with Crippen LogP contribution >= 0.6 is 0 Å². The summed E-state index contributed by atoms with van der Waals surface area (Å²) in [4.78, 5) is 14.1. The molecule has 0 N–H and O–H groups in total. The molecule has 0 aliphatic carbocycles. The molecule has 0 fully saturated rings. The number of ether oxygens (including phenoxy) is 1. The molecule has 0 aliphatic heterocycles. The molecule has 0 spiro atoms. The largest absolute Gasteiger partial charge is 0.369 e. The van der Waals surface area contributed by atoms with Gasteiger partial charge in [0, 0.05) is 19.7 Å². The van der Waals surface area contributed by atoms with Gasteiger partial charge in [0.05, 0.1) is 0 Å². The number of carbonyl (C=O) groups is 1. The van der Waals surface area contributed by atoms with E-state index in [2.05, 4.69) is 6.92 Å².